The maximum absolute atomic E-state index is 3.66. The minimum atomic E-state index is 0.633. The molecule has 0 radical (unpaired) electrons. The molecule has 1 nitrogen and oxygen atoms in total. The normalized spacial score (nSPS) is 21.6. The number of likely N-dealkylation sites (N-methyl/N-ethyl adjacent to an activating group) is 1. The third-order valence-electron chi connectivity index (χ3n) is 3.25. The van der Waals surface area contributed by atoms with Crippen molar-refractivity contribution in [2.24, 2.45) is 0 Å². The zero-order valence-electron chi connectivity index (χ0n) is 10.3. The lowest BCUT2D eigenvalue weighted by Gasteiger charge is -2.23. The van der Waals surface area contributed by atoms with E-state index in [0.717, 1.165) is 22.7 Å². The predicted octanol–water partition coefficient (Wildman–Crippen LogP) is 3.87. The van der Waals surface area contributed by atoms with Gasteiger partial charge in [-0.3, -0.25) is 0 Å². The maximum Gasteiger partial charge on any atom is 0.0226 e. The first-order valence-electron chi connectivity index (χ1n) is 6.39. The molecule has 3 heteroatoms. The predicted molar refractivity (Wildman–Crippen MR) is 80.8 cm³/mol. The van der Waals surface area contributed by atoms with Crippen LogP contribution in [0.1, 0.15) is 25.3 Å². The molecule has 17 heavy (non-hydrogen) atoms. The lowest BCUT2D eigenvalue weighted by Crippen LogP contribution is -2.38. The van der Waals surface area contributed by atoms with Crippen LogP contribution in [0.3, 0.4) is 0 Å². The van der Waals surface area contributed by atoms with Crippen LogP contribution < -0.4 is 5.32 Å². The molecule has 2 atom stereocenters. The van der Waals surface area contributed by atoms with Crippen molar-refractivity contribution in [1.29, 1.82) is 0 Å². The van der Waals surface area contributed by atoms with Gasteiger partial charge in [-0.1, -0.05) is 35.0 Å². The smallest absolute Gasteiger partial charge is 0.0226 e. The summed E-state index contributed by atoms with van der Waals surface area (Å²) in [5.41, 5.74) is 1.44. The molecular formula is C14H20BrNS. The van der Waals surface area contributed by atoms with Crippen LogP contribution >= 0.6 is 27.7 Å². The molecule has 94 valence electrons. The topological polar surface area (TPSA) is 12.0 Å². The molecule has 0 aliphatic carbocycles. The summed E-state index contributed by atoms with van der Waals surface area (Å²) in [6.45, 7) is 3.27. The third-order valence-corrected chi connectivity index (χ3v) is 5.29. The van der Waals surface area contributed by atoms with Crippen molar-refractivity contribution in [1.82, 2.24) is 5.32 Å². The molecule has 0 bridgehead atoms. The van der Waals surface area contributed by atoms with E-state index in [-0.39, 0.29) is 0 Å². The van der Waals surface area contributed by atoms with Gasteiger partial charge in [-0.2, -0.15) is 11.8 Å². The lowest BCUT2D eigenvalue weighted by atomic mass is 10.0. The van der Waals surface area contributed by atoms with Gasteiger partial charge in [-0.15, -0.1) is 0 Å². The fraction of sp³-hybridized carbons (Fsp3) is 0.571. The number of hydrogen-bond donors (Lipinski definition) is 1. The zero-order chi connectivity index (χ0) is 12.1. The van der Waals surface area contributed by atoms with Crippen molar-refractivity contribution in [3.8, 4) is 0 Å². The van der Waals surface area contributed by atoms with Gasteiger partial charge in [-0.25, -0.2) is 0 Å². The Labute approximate surface area is 117 Å². The van der Waals surface area contributed by atoms with Crippen LogP contribution in [0.4, 0.5) is 0 Å². The van der Waals surface area contributed by atoms with Crippen LogP contribution in [-0.4, -0.2) is 23.6 Å². The van der Waals surface area contributed by atoms with Crippen LogP contribution in [0.2, 0.25) is 0 Å². The molecule has 0 amide bonds. The highest BCUT2D eigenvalue weighted by atomic mass is 79.9. The van der Waals surface area contributed by atoms with Gasteiger partial charge in [-0.05, 0) is 49.3 Å². The molecule has 1 saturated heterocycles. The Morgan fingerprint density at radius 3 is 2.76 bits per heavy atom. The Morgan fingerprint density at radius 2 is 2.18 bits per heavy atom. The number of nitrogens with one attached hydrogen (secondary N) is 1. The Morgan fingerprint density at radius 1 is 1.41 bits per heavy atom. The second kappa shape index (κ2) is 6.81. The Hall–Kier alpha value is 0.01000. The molecule has 2 unspecified atom stereocenters. The van der Waals surface area contributed by atoms with E-state index >= 15 is 0 Å². The van der Waals surface area contributed by atoms with E-state index < -0.39 is 0 Å². The quantitative estimate of drug-likeness (QED) is 0.885. The Kier molecular flexibility index (Phi) is 5.39. The molecule has 1 aromatic carbocycles. The lowest BCUT2D eigenvalue weighted by molar-refractivity contribution is 0.495. The second-order valence-corrected chi connectivity index (χ2v) is 6.81. The van der Waals surface area contributed by atoms with Gasteiger partial charge in [0.15, 0.2) is 0 Å². The van der Waals surface area contributed by atoms with E-state index in [2.05, 4.69) is 64.2 Å². The number of rotatable bonds is 5. The first-order valence-corrected chi connectivity index (χ1v) is 8.23. The average Bonchev–Trinajstić information content (AvgIpc) is 2.85. The van der Waals surface area contributed by atoms with Crippen LogP contribution in [0.5, 0.6) is 0 Å². The molecule has 1 aliphatic rings. The third kappa shape index (κ3) is 4.01. The molecule has 0 spiro atoms. The Bertz CT molecular complexity index is 333. The van der Waals surface area contributed by atoms with Gasteiger partial charge in [0, 0.05) is 15.8 Å². The van der Waals surface area contributed by atoms with Crippen LogP contribution in [0.25, 0.3) is 0 Å². The fourth-order valence-corrected chi connectivity index (χ4v) is 4.05. The Balaban J connectivity index is 1.98. The monoisotopic (exact) mass is 313 g/mol. The van der Waals surface area contributed by atoms with E-state index in [1.54, 1.807) is 0 Å². The van der Waals surface area contributed by atoms with E-state index in [1.165, 1.54) is 24.2 Å². The standard InChI is InChI=1S/C14H20BrNS/c1-2-16-13(14-4-3-9-17-14)10-11-5-7-12(15)8-6-11/h5-8,13-14,16H,2-4,9-10H2,1H3. The highest BCUT2D eigenvalue weighted by Gasteiger charge is 2.24. The summed E-state index contributed by atoms with van der Waals surface area (Å²) in [5.74, 6) is 1.34. The number of benzene rings is 1. The van der Waals surface area contributed by atoms with Crippen molar-refractivity contribution < 1.29 is 0 Å². The highest BCUT2D eigenvalue weighted by Crippen LogP contribution is 2.30. The van der Waals surface area contributed by atoms with Crippen LogP contribution in [0, 0.1) is 0 Å². The number of halogens is 1. The van der Waals surface area contributed by atoms with Crippen molar-refractivity contribution in [2.45, 2.75) is 37.5 Å². The molecule has 1 aliphatic heterocycles. The number of hydrogen-bond acceptors (Lipinski definition) is 2. The van der Waals surface area contributed by atoms with Gasteiger partial charge in [0.1, 0.15) is 0 Å². The van der Waals surface area contributed by atoms with Crippen molar-refractivity contribution in [3.63, 3.8) is 0 Å². The highest BCUT2D eigenvalue weighted by molar-refractivity contribution is 9.10. The minimum Gasteiger partial charge on any atom is -0.313 e. The molecule has 1 N–H and O–H groups in total. The largest absolute Gasteiger partial charge is 0.313 e. The summed E-state index contributed by atoms with van der Waals surface area (Å²) >= 11 is 5.63. The summed E-state index contributed by atoms with van der Waals surface area (Å²) in [7, 11) is 0. The molecule has 0 aromatic heterocycles. The maximum atomic E-state index is 3.66. The minimum absolute atomic E-state index is 0.633. The SMILES string of the molecule is CCNC(Cc1ccc(Br)cc1)C1CCCS1. The fourth-order valence-electron chi connectivity index (χ4n) is 2.39. The van der Waals surface area contributed by atoms with Crippen LogP contribution in [-0.2, 0) is 6.42 Å². The van der Waals surface area contributed by atoms with Crippen LogP contribution in [0.15, 0.2) is 28.7 Å². The van der Waals surface area contributed by atoms with Crippen molar-refractivity contribution in [3.05, 3.63) is 34.3 Å². The van der Waals surface area contributed by atoms with Crippen molar-refractivity contribution >= 4 is 27.7 Å². The molecular weight excluding hydrogens is 294 g/mol. The van der Waals surface area contributed by atoms with E-state index in [9.17, 15) is 0 Å². The summed E-state index contributed by atoms with van der Waals surface area (Å²) in [6, 6.07) is 9.37. The number of thioether (sulfide) groups is 1. The average molecular weight is 314 g/mol. The van der Waals surface area contributed by atoms with E-state index in [4.69, 9.17) is 0 Å². The molecule has 1 heterocycles. The zero-order valence-corrected chi connectivity index (χ0v) is 12.7. The van der Waals surface area contributed by atoms with Gasteiger partial charge in [0.25, 0.3) is 0 Å². The molecule has 1 aromatic rings. The molecule has 2 rings (SSSR count). The first-order chi connectivity index (χ1) is 8.29. The second-order valence-electron chi connectivity index (χ2n) is 4.55. The van der Waals surface area contributed by atoms with E-state index in [1.807, 2.05) is 0 Å². The van der Waals surface area contributed by atoms with Crippen molar-refractivity contribution in [2.75, 3.05) is 12.3 Å². The van der Waals surface area contributed by atoms with Gasteiger partial charge in [0.2, 0.25) is 0 Å². The van der Waals surface area contributed by atoms with Gasteiger partial charge >= 0.3 is 0 Å². The molecule has 0 saturated carbocycles. The van der Waals surface area contributed by atoms with Gasteiger partial charge < -0.3 is 5.32 Å². The molecule has 1 fully saturated rings. The summed E-state index contributed by atoms with van der Waals surface area (Å²) in [4.78, 5) is 0. The van der Waals surface area contributed by atoms with E-state index in [0.29, 0.717) is 6.04 Å². The van der Waals surface area contributed by atoms with Gasteiger partial charge in [0.05, 0.1) is 0 Å². The summed E-state index contributed by atoms with van der Waals surface area (Å²) in [6.07, 6.45) is 3.91. The summed E-state index contributed by atoms with van der Waals surface area (Å²) < 4.78 is 1.16. The first kappa shape index (κ1) is 13.4. The summed E-state index contributed by atoms with van der Waals surface area (Å²) in [5, 5.41) is 4.46.